The fraction of sp³-hybridized carbons (Fsp3) is 0.267. The lowest BCUT2D eigenvalue weighted by molar-refractivity contribution is -0.109. The zero-order valence-electron chi connectivity index (χ0n) is 11.2. The SMILES string of the molecule is CC(=O)SCC#Cc1cccc(C#CCSC(C)=O)n1. The Morgan fingerprint density at radius 3 is 1.85 bits per heavy atom. The van der Waals surface area contributed by atoms with Crippen molar-refractivity contribution in [2.75, 3.05) is 11.5 Å². The molecule has 0 aliphatic carbocycles. The lowest BCUT2D eigenvalue weighted by Crippen LogP contribution is -1.88. The highest BCUT2D eigenvalue weighted by atomic mass is 32.2. The van der Waals surface area contributed by atoms with Gasteiger partial charge >= 0.3 is 0 Å². The molecule has 0 radical (unpaired) electrons. The van der Waals surface area contributed by atoms with E-state index in [0.29, 0.717) is 22.9 Å². The summed E-state index contributed by atoms with van der Waals surface area (Å²) >= 11 is 2.34. The van der Waals surface area contributed by atoms with Gasteiger partial charge in [-0.2, -0.15) is 0 Å². The van der Waals surface area contributed by atoms with E-state index >= 15 is 0 Å². The first-order valence-corrected chi connectivity index (χ1v) is 7.76. The molecule has 0 aliphatic rings. The van der Waals surface area contributed by atoms with E-state index in [1.165, 1.54) is 37.4 Å². The summed E-state index contributed by atoms with van der Waals surface area (Å²) in [7, 11) is 0. The highest BCUT2D eigenvalue weighted by Gasteiger charge is 1.93. The van der Waals surface area contributed by atoms with Crippen LogP contribution in [0.3, 0.4) is 0 Å². The predicted molar refractivity (Wildman–Crippen MR) is 84.3 cm³/mol. The van der Waals surface area contributed by atoms with E-state index in [-0.39, 0.29) is 10.2 Å². The molecule has 0 atom stereocenters. The molecular formula is C15H13NO2S2. The molecule has 102 valence electrons. The third-order valence-corrected chi connectivity index (χ3v) is 3.27. The average Bonchev–Trinajstić information content (AvgIpc) is 2.40. The molecule has 3 nitrogen and oxygen atoms in total. The van der Waals surface area contributed by atoms with Gasteiger partial charge in [0.15, 0.2) is 10.2 Å². The Kier molecular flexibility index (Phi) is 7.57. The van der Waals surface area contributed by atoms with E-state index < -0.39 is 0 Å². The molecule has 0 aliphatic heterocycles. The number of aromatic nitrogens is 1. The number of hydrogen-bond donors (Lipinski definition) is 0. The van der Waals surface area contributed by atoms with Crippen molar-refractivity contribution >= 4 is 33.8 Å². The number of nitrogens with zero attached hydrogens (tertiary/aromatic N) is 1. The number of hydrogen-bond acceptors (Lipinski definition) is 5. The van der Waals surface area contributed by atoms with Crippen molar-refractivity contribution in [2.45, 2.75) is 13.8 Å². The van der Waals surface area contributed by atoms with Crippen molar-refractivity contribution in [3.8, 4) is 23.7 Å². The van der Waals surface area contributed by atoms with E-state index in [9.17, 15) is 9.59 Å². The zero-order valence-corrected chi connectivity index (χ0v) is 12.9. The molecule has 0 unspecified atom stereocenters. The van der Waals surface area contributed by atoms with Crippen LogP contribution in [-0.2, 0) is 9.59 Å². The summed E-state index contributed by atoms with van der Waals surface area (Å²) in [6.07, 6.45) is 0. The molecule has 0 saturated heterocycles. The summed E-state index contributed by atoms with van der Waals surface area (Å²) in [6.45, 7) is 3.03. The highest BCUT2D eigenvalue weighted by molar-refractivity contribution is 8.14. The van der Waals surface area contributed by atoms with E-state index in [1.807, 2.05) is 6.07 Å². The van der Waals surface area contributed by atoms with Crippen LogP contribution in [-0.4, -0.2) is 26.7 Å². The van der Waals surface area contributed by atoms with Gasteiger partial charge in [0.1, 0.15) is 11.4 Å². The topological polar surface area (TPSA) is 47.0 Å². The van der Waals surface area contributed by atoms with Crippen LogP contribution in [0.1, 0.15) is 25.2 Å². The van der Waals surface area contributed by atoms with Gasteiger partial charge in [-0.15, -0.1) is 0 Å². The summed E-state index contributed by atoms with van der Waals surface area (Å²) < 4.78 is 0. The average molecular weight is 303 g/mol. The van der Waals surface area contributed by atoms with Crippen LogP contribution in [0.2, 0.25) is 0 Å². The third-order valence-electron chi connectivity index (χ3n) is 1.88. The minimum absolute atomic E-state index is 0.0508. The Balaban J connectivity index is 2.61. The molecule has 0 bridgehead atoms. The molecule has 0 N–H and O–H groups in total. The number of thioether (sulfide) groups is 2. The van der Waals surface area contributed by atoms with Crippen LogP contribution in [0.5, 0.6) is 0 Å². The second-order valence-electron chi connectivity index (χ2n) is 3.57. The van der Waals surface area contributed by atoms with Crippen molar-refractivity contribution in [3.05, 3.63) is 29.6 Å². The van der Waals surface area contributed by atoms with Crippen LogP contribution in [0, 0.1) is 23.7 Å². The minimum Gasteiger partial charge on any atom is -0.288 e. The van der Waals surface area contributed by atoms with E-state index in [0.717, 1.165) is 0 Å². The highest BCUT2D eigenvalue weighted by Crippen LogP contribution is 2.01. The maximum absolute atomic E-state index is 10.7. The standard InChI is InChI=1S/C15H13NO2S2/c1-12(17)19-10-4-8-14-6-3-7-15(16-14)9-5-11-20-13(2)18/h3,6-7H,10-11H2,1-2H3. The quantitative estimate of drug-likeness (QED) is 0.785. The van der Waals surface area contributed by atoms with E-state index in [1.54, 1.807) is 12.1 Å². The lowest BCUT2D eigenvalue weighted by atomic mass is 10.3. The van der Waals surface area contributed by atoms with Crippen molar-refractivity contribution in [1.29, 1.82) is 0 Å². The zero-order chi connectivity index (χ0) is 14.8. The van der Waals surface area contributed by atoms with Gasteiger partial charge in [-0.05, 0) is 24.0 Å². The molecule has 1 heterocycles. The molecule has 0 aromatic carbocycles. The smallest absolute Gasteiger partial charge is 0.186 e. The van der Waals surface area contributed by atoms with Crippen LogP contribution < -0.4 is 0 Å². The maximum atomic E-state index is 10.7. The number of carbonyl (C=O) groups excluding carboxylic acids is 2. The molecule has 0 amide bonds. The van der Waals surface area contributed by atoms with Crippen LogP contribution >= 0.6 is 23.5 Å². The minimum atomic E-state index is 0.0508. The van der Waals surface area contributed by atoms with E-state index in [2.05, 4.69) is 28.7 Å². The molecular weight excluding hydrogens is 290 g/mol. The normalized spacial score (nSPS) is 8.90. The summed E-state index contributed by atoms with van der Waals surface area (Å²) in [6, 6.07) is 5.42. The van der Waals surface area contributed by atoms with Gasteiger partial charge in [0.25, 0.3) is 0 Å². The molecule has 0 saturated carbocycles. The Labute approximate surface area is 127 Å². The second kappa shape index (κ2) is 9.25. The van der Waals surface area contributed by atoms with Crippen molar-refractivity contribution in [3.63, 3.8) is 0 Å². The monoisotopic (exact) mass is 303 g/mol. The van der Waals surface area contributed by atoms with Gasteiger partial charge in [0, 0.05) is 13.8 Å². The number of rotatable bonds is 2. The molecule has 1 rings (SSSR count). The fourth-order valence-electron chi connectivity index (χ4n) is 1.10. The van der Waals surface area contributed by atoms with Crippen molar-refractivity contribution in [2.24, 2.45) is 0 Å². The summed E-state index contributed by atoms with van der Waals surface area (Å²) in [5.41, 5.74) is 1.25. The summed E-state index contributed by atoms with van der Waals surface area (Å²) in [5.74, 6) is 12.4. The Hall–Kier alpha value is -1.69. The summed E-state index contributed by atoms with van der Waals surface area (Å²) in [5, 5.41) is 0.102. The number of carbonyl (C=O) groups is 2. The van der Waals surface area contributed by atoms with Gasteiger partial charge in [0.05, 0.1) is 11.5 Å². The fourth-order valence-corrected chi connectivity index (χ4v) is 1.80. The summed E-state index contributed by atoms with van der Waals surface area (Å²) in [4.78, 5) is 25.7. The molecule has 0 spiro atoms. The van der Waals surface area contributed by atoms with Gasteiger partial charge in [-0.3, -0.25) is 9.59 Å². The maximum Gasteiger partial charge on any atom is 0.186 e. The van der Waals surface area contributed by atoms with Gasteiger partial charge in [0.2, 0.25) is 0 Å². The number of pyridine rings is 1. The lowest BCUT2D eigenvalue weighted by Gasteiger charge is -1.92. The third kappa shape index (κ3) is 7.68. The van der Waals surface area contributed by atoms with Crippen LogP contribution in [0.4, 0.5) is 0 Å². The van der Waals surface area contributed by atoms with Gasteiger partial charge < -0.3 is 0 Å². The molecule has 1 aromatic rings. The molecule has 0 fully saturated rings. The second-order valence-corrected chi connectivity index (χ2v) is 5.88. The van der Waals surface area contributed by atoms with Crippen molar-refractivity contribution < 1.29 is 9.59 Å². The van der Waals surface area contributed by atoms with Crippen LogP contribution in [0.25, 0.3) is 0 Å². The van der Waals surface area contributed by atoms with Crippen LogP contribution in [0.15, 0.2) is 18.2 Å². The first kappa shape index (κ1) is 16.4. The Bertz CT molecular complexity index is 567. The van der Waals surface area contributed by atoms with Gasteiger partial charge in [-0.1, -0.05) is 41.4 Å². The first-order valence-electron chi connectivity index (χ1n) is 5.79. The Morgan fingerprint density at radius 1 is 1.00 bits per heavy atom. The molecule has 5 heteroatoms. The first-order chi connectivity index (χ1) is 9.58. The largest absolute Gasteiger partial charge is 0.288 e. The van der Waals surface area contributed by atoms with E-state index in [4.69, 9.17) is 0 Å². The molecule has 1 aromatic heterocycles. The van der Waals surface area contributed by atoms with Gasteiger partial charge in [-0.25, -0.2) is 4.98 Å². The van der Waals surface area contributed by atoms with Crippen molar-refractivity contribution in [1.82, 2.24) is 4.98 Å². The Morgan fingerprint density at radius 2 is 1.45 bits per heavy atom. The predicted octanol–water partition coefficient (Wildman–Crippen LogP) is 2.34. The molecule has 20 heavy (non-hydrogen) atoms.